The highest BCUT2D eigenvalue weighted by atomic mass is 16.5. The first-order chi connectivity index (χ1) is 13.5. The Labute approximate surface area is 165 Å². The number of benzene rings is 1. The molecule has 6 nitrogen and oxygen atoms in total. The van der Waals surface area contributed by atoms with Crippen molar-refractivity contribution in [2.75, 3.05) is 31.2 Å². The van der Waals surface area contributed by atoms with Gasteiger partial charge >= 0.3 is 0 Å². The van der Waals surface area contributed by atoms with Crippen LogP contribution in [-0.2, 0) is 20.7 Å². The number of allylic oxidation sites excluding steroid dienone is 1. The number of ether oxygens (including phenoxy) is 1. The zero-order valence-electron chi connectivity index (χ0n) is 16.6. The van der Waals surface area contributed by atoms with Gasteiger partial charge in [-0.15, -0.1) is 0 Å². The van der Waals surface area contributed by atoms with Crippen LogP contribution in [0.4, 0.5) is 5.69 Å². The number of morpholine rings is 1. The van der Waals surface area contributed by atoms with E-state index >= 15 is 0 Å². The van der Waals surface area contributed by atoms with Gasteiger partial charge in [0.1, 0.15) is 5.82 Å². The Balaban J connectivity index is 1.54. The Kier molecular flexibility index (Phi) is 5.31. The first kappa shape index (κ1) is 18.9. The monoisotopic (exact) mass is 381 g/mol. The summed E-state index contributed by atoms with van der Waals surface area (Å²) in [5.41, 5.74) is 2.87. The summed E-state index contributed by atoms with van der Waals surface area (Å²) in [6.07, 6.45) is 2.89. The number of nitrogens with zero attached hydrogens (tertiary/aromatic N) is 3. The molecule has 0 bridgehead atoms. The fourth-order valence-electron chi connectivity index (χ4n) is 4.21. The number of amides is 1. The molecule has 3 aliphatic rings. The third-order valence-electron chi connectivity index (χ3n) is 5.68. The van der Waals surface area contributed by atoms with E-state index in [1.165, 1.54) is 5.56 Å². The van der Waals surface area contributed by atoms with Crippen LogP contribution in [0, 0.1) is 5.92 Å². The van der Waals surface area contributed by atoms with E-state index in [1.807, 2.05) is 23.1 Å². The van der Waals surface area contributed by atoms with Gasteiger partial charge in [-0.3, -0.25) is 9.59 Å². The van der Waals surface area contributed by atoms with Crippen LogP contribution in [0.3, 0.4) is 0 Å². The fraction of sp³-hybridized carbons (Fsp3) is 0.500. The topological polar surface area (TPSA) is 62.2 Å². The second kappa shape index (κ2) is 7.87. The molecule has 0 spiro atoms. The van der Waals surface area contributed by atoms with Gasteiger partial charge in [0.2, 0.25) is 5.91 Å². The lowest BCUT2D eigenvalue weighted by Gasteiger charge is -2.31. The summed E-state index contributed by atoms with van der Waals surface area (Å²) in [6.45, 7) is 7.01. The van der Waals surface area contributed by atoms with Crippen molar-refractivity contribution in [3.05, 3.63) is 41.7 Å². The molecule has 4 rings (SSSR count). The summed E-state index contributed by atoms with van der Waals surface area (Å²) < 4.78 is 5.38. The molecule has 1 fully saturated rings. The largest absolute Gasteiger partial charge is 0.378 e. The van der Waals surface area contributed by atoms with E-state index in [2.05, 4.69) is 29.8 Å². The Morgan fingerprint density at radius 1 is 1.25 bits per heavy atom. The molecule has 148 valence electrons. The van der Waals surface area contributed by atoms with Crippen molar-refractivity contribution in [2.24, 2.45) is 10.9 Å². The number of hydrogen-bond donors (Lipinski definition) is 0. The molecule has 0 aromatic heterocycles. The molecule has 0 aliphatic carbocycles. The lowest BCUT2D eigenvalue weighted by Crippen LogP contribution is -2.42. The van der Waals surface area contributed by atoms with E-state index in [4.69, 9.17) is 4.74 Å². The number of hydrogen-bond acceptors (Lipinski definition) is 5. The predicted octanol–water partition coefficient (Wildman–Crippen LogP) is 2.58. The molecule has 1 aromatic rings. The molecule has 6 heteroatoms. The zero-order chi connectivity index (χ0) is 19.7. The highest BCUT2D eigenvalue weighted by Crippen LogP contribution is 2.35. The van der Waals surface area contributed by atoms with E-state index in [0.29, 0.717) is 30.7 Å². The van der Waals surface area contributed by atoms with Crippen molar-refractivity contribution in [1.29, 1.82) is 0 Å². The number of ketones is 1. The molecule has 28 heavy (non-hydrogen) atoms. The van der Waals surface area contributed by atoms with Gasteiger partial charge in [0.15, 0.2) is 5.78 Å². The molecular formula is C22H27N3O3. The van der Waals surface area contributed by atoms with E-state index in [1.54, 1.807) is 6.08 Å². The Bertz CT molecular complexity index is 837. The van der Waals surface area contributed by atoms with Crippen molar-refractivity contribution in [3.8, 4) is 0 Å². The first-order valence-corrected chi connectivity index (χ1v) is 10.1. The zero-order valence-corrected chi connectivity index (χ0v) is 16.6. The summed E-state index contributed by atoms with van der Waals surface area (Å²) in [6, 6.07) is 8.26. The van der Waals surface area contributed by atoms with Gasteiger partial charge in [0.05, 0.1) is 19.6 Å². The minimum Gasteiger partial charge on any atom is -0.378 e. The summed E-state index contributed by atoms with van der Waals surface area (Å²) in [5, 5.41) is 0. The van der Waals surface area contributed by atoms with Crippen LogP contribution < -0.4 is 4.90 Å². The maximum atomic E-state index is 13.3. The lowest BCUT2D eigenvalue weighted by molar-refractivity contribution is -0.118. The van der Waals surface area contributed by atoms with Crippen molar-refractivity contribution in [2.45, 2.75) is 39.2 Å². The minimum atomic E-state index is 0.0153. The maximum Gasteiger partial charge on any atom is 0.232 e. The highest BCUT2D eigenvalue weighted by molar-refractivity contribution is 6.16. The molecule has 1 amide bonds. The van der Waals surface area contributed by atoms with Gasteiger partial charge in [-0.2, -0.15) is 0 Å². The average Bonchev–Trinajstić information content (AvgIpc) is 3.08. The van der Waals surface area contributed by atoms with Crippen LogP contribution in [0.25, 0.3) is 0 Å². The number of rotatable bonds is 4. The van der Waals surface area contributed by atoms with Crippen LogP contribution in [0.15, 0.2) is 41.2 Å². The highest BCUT2D eigenvalue weighted by Gasteiger charge is 2.36. The van der Waals surface area contributed by atoms with Crippen molar-refractivity contribution >= 4 is 23.1 Å². The van der Waals surface area contributed by atoms with E-state index < -0.39 is 0 Å². The Morgan fingerprint density at radius 3 is 2.75 bits per heavy atom. The Morgan fingerprint density at radius 2 is 2.00 bits per heavy atom. The number of para-hydroxylation sites is 1. The quantitative estimate of drug-likeness (QED) is 0.804. The summed E-state index contributed by atoms with van der Waals surface area (Å²) >= 11 is 0. The van der Waals surface area contributed by atoms with E-state index in [-0.39, 0.29) is 30.6 Å². The SMILES string of the molecule is CC(C)C1Cc2ccccc2N1C(=O)CC1=NC(N2CCOCC2)=CC(=O)C1. The molecule has 3 heterocycles. The lowest BCUT2D eigenvalue weighted by atomic mass is 9.99. The number of carbonyl (C=O) groups excluding carboxylic acids is 2. The maximum absolute atomic E-state index is 13.3. The van der Waals surface area contributed by atoms with Gasteiger partial charge < -0.3 is 14.5 Å². The molecule has 0 saturated carbocycles. The first-order valence-electron chi connectivity index (χ1n) is 10.1. The molecule has 0 N–H and O–H groups in total. The summed E-state index contributed by atoms with van der Waals surface area (Å²) in [4.78, 5) is 34.2. The van der Waals surface area contributed by atoms with Crippen LogP contribution in [-0.4, -0.2) is 54.6 Å². The van der Waals surface area contributed by atoms with Gasteiger partial charge in [0.25, 0.3) is 0 Å². The predicted molar refractivity (Wildman–Crippen MR) is 108 cm³/mol. The fourth-order valence-corrected chi connectivity index (χ4v) is 4.21. The van der Waals surface area contributed by atoms with Crippen molar-refractivity contribution in [1.82, 2.24) is 4.90 Å². The third-order valence-corrected chi connectivity index (χ3v) is 5.68. The molecule has 3 aliphatic heterocycles. The second-order valence-corrected chi connectivity index (χ2v) is 8.01. The van der Waals surface area contributed by atoms with Crippen LogP contribution in [0.1, 0.15) is 32.3 Å². The van der Waals surface area contributed by atoms with Gasteiger partial charge in [-0.25, -0.2) is 4.99 Å². The minimum absolute atomic E-state index is 0.0153. The number of fused-ring (bicyclic) bond motifs is 1. The number of carbonyl (C=O) groups is 2. The standard InChI is InChI=1S/C22H27N3O3/c1-15(2)20-11-16-5-3-4-6-19(16)25(20)22(27)13-17-12-18(26)14-21(23-17)24-7-9-28-10-8-24/h3-6,14-15,20H,7-13H2,1-2H3. The van der Waals surface area contributed by atoms with Crippen LogP contribution in [0.5, 0.6) is 0 Å². The normalized spacial score (nSPS) is 22.2. The molecule has 1 saturated heterocycles. The van der Waals surface area contributed by atoms with Gasteiger partial charge in [-0.05, 0) is 24.0 Å². The van der Waals surface area contributed by atoms with Crippen LogP contribution in [0.2, 0.25) is 0 Å². The van der Waals surface area contributed by atoms with E-state index in [0.717, 1.165) is 25.2 Å². The van der Waals surface area contributed by atoms with Gasteiger partial charge in [-0.1, -0.05) is 32.0 Å². The molecule has 1 aromatic carbocycles. The Hall–Kier alpha value is -2.47. The summed E-state index contributed by atoms with van der Waals surface area (Å²) in [7, 11) is 0. The summed E-state index contributed by atoms with van der Waals surface area (Å²) in [5.74, 6) is 1.07. The van der Waals surface area contributed by atoms with Crippen molar-refractivity contribution in [3.63, 3.8) is 0 Å². The number of anilines is 1. The average molecular weight is 381 g/mol. The second-order valence-electron chi connectivity index (χ2n) is 8.01. The van der Waals surface area contributed by atoms with E-state index in [9.17, 15) is 9.59 Å². The molecule has 0 radical (unpaired) electrons. The smallest absolute Gasteiger partial charge is 0.232 e. The molecular weight excluding hydrogens is 354 g/mol. The third kappa shape index (κ3) is 3.74. The van der Waals surface area contributed by atoms with Crippen LogP contribution >= 0.6 is 0 Å². The number of aliphatic imine (C=N–C) groups is 1. The molecule has 1 unspecified atom stereocenters. The van der Waals surface area contributed by atoms with Gasteiger partial charge in [0, 0.05) is 43.0 Å². The molecule has 1 atom stereocenters. The van der Waals surface area contributed by atoms with Crippen molar-refractivity contribution < 1.29 is 14.3 Å².